The first-order chi connectivity index (χ1) is 11.4. The Labute approximate surface area is 151 Å². The molecule has 1 heterocycles. The number of aliphatic hydroxyl groups is 1. The van der Waals surface area contributed by atoms with Gasteiger partial charge in [-0.1, -0.05) is 41.9 Å². The van der Waals surface area contributed by atoms with Crippen LogP contribution < -0.4 is 0 Å². The molecule has 5 nitrogen and oxygen atoms in total. The summed E-state index contributed by atoms with van der Waals surface area (Å²) in [5.41, 5.74) is 1.00. The summed E-state index contributed by atoms with van der Waals surface area (Å²) >= 11 is 3.39. The second-order valence-electron chi connectivity index (χ2n) is 5.80. The Hall–Kier alpha value is -1.66. The topological polar surface area (TPSA) is 60.9 Å². The van der Waals surface area contributed by atoms with Crippen LogP contribution in [0, 0.1) is 0 Å². The first-order valence-corrected chi connectivity index (χ1v) is 8.92. The van der Waals surface area contributed by atoms with E-state index in [9.17, 15) is 14.7 Å². The minimum Gasteiger partial charge on any atom is -0.503 e. The van der Waals surface area contributed by atoms with Crippen molar-refractivity contribution in [1.29, 1.82) is 0 Å². The van der Waals surface area contributed by atoms with Crippen molar-refractivity contribution in [2.24, 2.45) is 0 Å². The van der Waals surface area contributed by atoms with Crippen molar-refractivity contribution in [2.45, 2.75) is 26.8 Å². The number of carbonyl (C=O) groups excluding carboxylic acids is 2. The average molecular weight is 395 g/mol. The van der Waals surface area contributed by atoms with Gasteiger partial charge in [-0.15, -0.1) is 0 Å². The number of amides is 1. The lowest BCUT2D eigenvalue weighted by molar-refractivity contribution is -0.129. The van der Waals surface area contributed by atoms with E-state index < -0.39 is 17.7 Å². The molecule has 0 unspecified atom stereocenters. The SMILES string of the molecule is CCN(CC)CCN1C(=O)C(O)=C(C(C)=O)[C@@H]1c1ccc(Br)cc1. The summed E-state index contributed by atoms with van der Waals surface area (Å²) in [7, 11) is 0. The van der Waals surface area contributed by atoms with E-state index >= 15 is 0 Å². The van der Waals surface area contributed by atoms with Crippen molar-refractivity contribution < 1.29 is 14.7 Å². The smallest absolute Gasteiger partial charge is 0.290 e. The summed E-state index contributed by atoms with van der Waals surface area (Å²) in [6, 6.07) is 6.95. The van der Waals surface area contributed by atoms with E-state index in [0.717, 1.165) is 23.1 Å². The van der Waals surface area contributed by atoms with Gasteiger partial charge in [0, 0.05) is 17.6 Å². The highest BCUT2D eigenvalue weighted by Crippen LogP contribution is 2.37. The van der Waals surface area contributed by atoms with Crippen LogP contribution in [0.3, 0.4) is 0 Å². The highest BCUT2D eigenvalue weighted by molar-refractivity contribution is 9.10. The van der Waals surface area contributed by atoms with Gasteiger partial charge in [0.2, 0.25) is 0 Å². The predicted octanol–water partition coefficient (Wildman–Crippen LogP) is 3.08. The number of likely N-dealkylation sites (N-methyl/N-ethyl adjacent to an activating group) is 1. The number of carbonyl (C=O) groups is 2. The van der Waals surface area contributed by atoms with Crippen molar-refractivity contribution >= 4 is 27.6 Å². The third kappa shape index (κ3) is 3.70. The van der Waals surface area contributed by atoms with Crippen molar-refractivity contribution in [3.8, 4) is 0 Å². The molecule has 0 aromatic heterocycles. The maximum atomic E-state index is 12.5. The quantitative estimate of drug-likeness (QED) is 0.771. The molecule has 0 saturated heterocycles. The highest BCUT2D eigenvalue weighted by atomic mass is 79.9. The molecule has 0 saturated carbocycles. The van der Waals surface area contributed by atoms with E-state index in [4.69, 9.17) is 0 Å². The molecule has 0 bridgehead atoms. The third-order valence-corrected chi connectivity index (χ3v) is 4.95. The molecule has 0 radical (unpaired) electrons. The Morgan fingerprint density at radius 3 is 2.33 bits per heavy atom. The van der Waals surface area contributed by atoms with E-state index in [1.165, 1.54) is 6.92 Å². The molecule has 24 heavy (non-hydrogen) atoms. The fourth-order valence-electron chi connectivity index (χ4n) is 3.02. The molecule has 1 aliphatic heterocycles. The third-order valence-electron chi connectivity index (χ3n) is 4.42. The lowest BCUT2D eigenvalue weighted by Crippen LogP contribution is -2.38. The van der Waals surface area contributed by atoms with Gasteiger partial charge in [-0.2, -0.15) is 0 Å². The fourth-order valence-corrected chi connectivity index (χ4v) is 3.29. The van der Waals surface area contributed by atoms with Crippen LogP contribution in [-0.2, 0) is 9.59 Å². The normalized spacial score (nSPS) is 18.0. The molecule has 0 aliphatic carbocycles. The van der Waals surface area contributed by atoms with E-state index in [1.54, 1.807) is 4.90 Å². The summed E-state index contributed by atoms with van der Waals surface area (Å²) in [5.74, 6) is -1.17. The molecule has 0 fully saturated rings. The Bertz CT molecular complexity index is 651. The van der Waals surface area contributed by atoms with Crippen LogP contribution in [0.4, 0.5) is 0 Å². The highest BCUT2D eigenvalue weighted by Gasteiger charge is 2.42. The maximum absolute atomic E-state index is 12.5. The summed E-state index contributed by atoms with van der Waals surface area (Å²) in [6.45, 7) is 8.46. The largest absolute Gasteiger partial charge is 0.503 e. The zero-order valence-corrected chi connectivity index (χ0v) is 15.8. The summed E-state index contributed by atoms with van der Waals surface area (Å²) in [6.07, 6.45) is 0. The van der Waals surface area contributed by atoms with E-state index in [1.807, 2.05) is 24.3 Å². The Balaban J connectivity index is 2.36. The Morgan fingerprint density at radius 1 is 1.25 bits per heavy atom. The molecule has 6 heteroatoms. The van der Waals surface area contributed by atoms with Gasteiger partial charge in [-0.05, 0) is 37.7 Å². The second kappa shape index (κ2) is 7.94. The minimum atomic E-state index is -0.529. The van der Waals surface area contributed by atoms with Crippen LogP contribution in [0.5, 0.6) is 0 Å². The zero-order chi connectivity index (χ0) is 17.9. The van der Waals surface area contributed by atoms with Crippen LogP contribution in [0.25, 0.3) is 0 Å². The first kappa shape index (κ1) is 18.7. The van der Waals surface area contributed by atoms with Crippen molar-refractivity contribution in [3.05, 3.63) is 45.6 Å². The van der Waals surface area contributed by atoms with Gasteiger partial charge in [-0.25, -0.2) is 0 Å². The first-order valence-electron chi connectivity index (χ1n) is 8.13. The van der Waals surface area contributed by atoms with Crippen LogP contribution >= 0.6 is 15.9 Å². The van der Waals surface area contributed by atoms with E-state index in [2.05, 4.69) is 34.7 Å². The monoisotopic (exact) mass is 394 g/mol. The van der Waals surface area contributed by atoms with Crippen LogP contribution in [0.1, 0.15) is 32.4 Å². The number of rotatable bonds is 7. The lowest BCUT2D eigenvalue weighted by atomic mass is 9.97. The van der Waals surface area contributed by atoms with Crippen LogP contribution in [0.15, 0.2) is 40.1 Å². The summed E-state index contributed by atoms with van der Waals surface area (Å²) in [4.78, 5) is 28.3. The maximum Gasteiger partial charge on any atom is 0.290 e. The Morgan fingerprint density at radius 2 is 1.83 bits per heavy atom. The molecule has 0 spiro atoms. The molecule has 1 atom stereocenters. The van der Waals surface area contributed by atoms with Crippen LogP contribution in [-0.4, -0.2) is 52.8 Å². The van der Waals surface area contributed by atoms with E-state index in [0.29, 0.717) is 13.1 Å². The summed E-state index contributed by atoms with van der Waals surface area (Å²) in [5, 5.41) is 10.2. The number of hydrogen-bond donors (Lipinski definition) is 1. The number of ketones is 1. The molecular formula is C18H23BrN2O3. The molecule has 1 aromatic rings. The van der Waals surface area contributed by atoms with Crippen molar-refractivity contribution in [2.75, 3.05) is 26.2 Å². The van der Waals surface area contributed by atoms with Crippen molar-refractivity contribution in [3.63, 3.8) is 0 Å². The van der Waals surface area contributed by atoms with Gasteiger partial charge in [-0.3, -0.25) is 9.59 Å². The Kier molecular flexibility index (Phi) is 6.18. The molecular weight excluding hydrogens is 372 g/mol. The zero-order valence-electron chi connectivity index (χ0n) is 14.3. The predicted molar refractivity (Wildman–Crippen MR) is 96.7 cm³/mol. The molecule has 1 amide bonds. The number of benzene rings is 1. The second-order valence-corrected chi connectivity index (χ2v) is 6.71. The minimum absolute atomic E-state index is 0.182. The number of aliphatic hydroxyl groups excluding tert-OH is 1. The fraction of sp³-hybridized carbons (Fsp3) is 0.444. The van der Waals surface area contributed by atoms with Gasteiger partial charge in [0.25, 0.3) is 5.91 Å². The number of nitrogens with zero attached hydrogens (tertiary/aromatic N) is 2. The number of Topliss-reactive ketones (excluding diaryl/α,β-unsaturated/α-hetero) is 1. The average Bonchev–Trinajstić information content (AvgIpc) is 2.81. The lowest BCUT2D eigenvalue weighted by Gasteiger charge is -2.29. The van der Waals surface area contributed by atoms with E-state index in [-0.39, 0.29) is 11.4 Å². The van der Waals surface area contributed by atoms with Gasteiger partial charge < -0.3 is 14.9 Å². The number of halogens is 1. The van der Waals surface area contributed by atoms with Gasteiger partial charge in [0.15, 0.2) is 11.5 Å². The molecule has 1 N–H and O–H groups in total. The molecule has 2 rings (SSSR count). The van der Waals surface area contributed by atoms with Gasteiger partial charge in [0.1, 0.15) is 0 Å². The molecule has 1 aliphatic rings. The number of hydrogen-bond acceptors (Lipinski definition) is 4. The molecule has 1 aromatic carbocycles. The van der Waals surface area contributed by atoms with Gasteiger partial charge in [0.05, 0.1) is 11.6 Å². The standard InChI is InChI=1S/C18H23BrN2O3/c1-4-20(5-2)10-11-21-16(13-6-8-14(19)9-7-13)15(12(3)22)17(23)18(21)24/h6-9,16,23H,4-5,10-11H2,1-3H3/t16-/m0/s1. The van der Waals surface area contributed by atoms with Crippen molar-refractivity contribution in [1.82, 2.24) is 9.80 Å². The van der Waals surface area contributed by atoms with Crippen LogP contribution in [0.2, 0.25) is 0 Å². The summed E-state index contributed by atoms with van der Waals surface area (Å²) < 4.78 is 0.919. The molecule has 130 valence electrons. The van der Waals surface area contributed by atoms with Gasteiger partial charge >= 0.3 is 0 Å².